The molecule has 0 aliphatic heterocycles. The second kappa shape index (κ2) is 11.0. The molecule has 1 aromatic heterocycles. The monoisotopic (exact) mass is 458 g/mol. The highest BCUT2D eigenvalue weighted by molar-refractivity contribution is 5.82. The molecular weight excluding hydrogens is 438 g/mol. The van der Waals surface area contributed by atoms with Crippen molar-refractivity contribution < 1.29 is 32.3 Å². The number of amides is 1. The molecule has 2 aromatic carbocycles. The third-order valence-electron chi connectivity index (χ3n) is 4.53. The van der Waals surface area contributed by atoms with Gasteiger partial charge in [0.05, 0.1) is 24.3 Å². The molecule has 1 heterocycles. The molecule has 1 N–H and O–H groups in total. The van der Waals surface area contributed by atoms with Crippen molar-refractivity contribution in [3.05, 3.63) is 70.9 Å². The fraction of sp³-hybridized carbons (Fsp3) is 0.273. The lowest BCUT2D eigenvalue weighted by Gasteiger charge is -2.19. The molecule has 0 bridgehead atoms. The number of aromatic nitrogens is 2. The molecular formula is C22H20F2N4O5. The van der Waals surface area contributed by atoms with Gasteiger partial charge in [-0.2, -0.15) is 10.2 Å². The van der Waals surface area contributed by atoms with Gasteiger partial charge in [0.25, 0.3) is 5.91 Å². The average Bonchev–Trinajstić information content (AvgIpc) is 3.34. The van der Waals surface area contributed by atoms with E-state index < -0.39 is 29.2 Å². The predicted octanol–water partition coefficient (Wildman–Crippen LogP) is 3.20. The van der Waals surface area contributed by atoms with Crippen LogP contribution in [0.2, 0.25) is 0 Å². The Morgan fingerprint density at radius 1 is 1.27 bits per heavy atom. The summed E-state index contributed by atoms with van der Waals surface area (Å²) in [4.78, 5) is 16.7. The van der Waals surface area contributed by atoms with Crippen molar-refractivity contribution in [2.24, 2.45) is 0 Å². The molecule has 0 aliphatic carbocycles. The second-order valence-corrected chi connectivity index (χ2v) is 6.63. The molecule has 172 valence electrons. The van der Waals surface area contributed by atoms with Crippen LogP contribution in [0.4, 0.5) is 8.78 Å². The van der Waals surface area contributed by atoms with Gasteiger partial charge in [0.15, 0.2) is 12.7 Å². The van der Waals surface area contributed by atoms with Gasteiger partial charge in [-0.1, -0.05) is 11.2 Å². The highest BCUT2D eigenvalue weighted by Gasteiger charge is 2.28. The van der Waals surface area contributed by atoms with Gasteiger partial charge in [0.1, 0.15) is 23.1 Å². The number of carbonyl (C=O) groups excluding carboxylic acids is 1. The number of nitrogens with one attached hydrogen (secondary N) is 1. The highest BCUT2D eigenvalue weighted by atomic mass is 19.1. The Kier molecular flexibility index (Phi) is 7.88. The number of halogens is 2. The minimum atomic E-state index is -1.53. The number of ether oxygens (including phenoxy) is 3. The Morgan fingerprint density at radius 2 is 2.03 bits per heavy atom. The maximum atomic E-state index is 14.5. The largest absolute Gasteiger partial charge is 0.497 e. The van der Waals surface area contributed by atoms with Crippen LogP contribution in [-0.2, 0) is 22.7 Å². The average molecular weight is 458 g/mol. The van der Waals surface area contributed by atoms with E-state index in [1.54, 1.807) is 19.1 Å². The molecule has 3 rings (SSSR count). The number of rotatable bonds is 10. The first kappa shape index (κ1) is 23.6. The molecule has 0 fully saturated rings. The van der Waals surface area contributed by atoms with E-state index in [0.29, 0.717) is 16.9 Å². The van der Waals surface area contributed by atoms with Crippen molar-refractivity contribution in [3.63, 3.8) is 0 Å². The minimum absolute atomic E-state index is 0.0228. The number of benzene rings is 2. The van der Waals surface area contributed by atoms with Gasteiger partial charge >= 0.3 is 0 Å². The Morgan fingerprint density at radius 3 is 2.64 bits per heavy atom. The Hall–Kier alpha value is -4.04. The van der Waals surface area contributed by atoms with E-state index in [1.807, 2.05) is 6.07 Å². The van der Waals surface area contributed by atoms with Crippen LogP contribution in [0, 0.1) is 23.0 Å². The van der Waals surface area contributed by atoms with Crippen LogP contribution in [0.25, 0.3) is 0 Å². The predicted molar refractivity (Wildman–Crippen MR) is 109 cm³/mol. The molecule has 0 saturated carbocycles. The Bertz CT molecular complexity index is 1130. The summed E-state index contributed by atoms with van der Waals surface area (Å²) in [6.45, 7) is 1.55. The van der Waals surface area contributed by atoms with Crippen molar-refractivity contribution in [2.75, 3.05) is 13.7 Å². The summed E-state index contributed by atoms with van der Waals surface area (Å²) < 4.78 is 49.6. The maximum Gasteiger partial charge on any atom is 0.254 e. The van der Waals surface area contributed by atoms with Crippen LogP contribution in [0.3, 0.4) is 0 Å². The number of nitrogens with zero attached hydrogens (tertiary/aromatic N) is 3. The molecule has 11 heteroatoms. The van der Waals surface area contributed by atoms with E-state index in [0.717, 1.165) is 18.5 Å². The molecule has 1 atom stereocenters. The summed E-state index contributed by atoms with van der Waals surface area (Å²) in [7, 11) is 1.27. The van der Waals surface area contributed by atoms with E-state index >= 15 is 0 Å². The molecule has 1 unspecified atom stereocenters. The smallest absolute Gasteiger partial charge is 0.254 e. The molecule has 0 radical (unpaired) electrons. The molecule has 3 aromatic rings. The number of hydrogen-bond donors (Lipinski definition) is 1. The van der Waals surface area contributed by atoms with Crippen LogP contribution < -0.4 is 14.8 Å². The van der Waals surface area contributed by atoms with Gasteiger partial charge in [-0.05, 0) is 19.1 Å². The SMILES string of the molecule is CCOC(C(=O)NCc1ccc(C#N)cc1OCc1ncon1)c1c(F)cc(OC)cc1F. The zero-order valence-electron chi connectivity index (χ0n) is 17.8. The van der Waals surface area contributed by atoms with Crippen LogP contribution in [0.5, 0.6) is 11.5 Å². The quantitative estimate of drug-likeness (QED) is 0.492. The van der Waals surface area contributed by atoms with Crippen LogP contribution in [0.15, 0.2) is 41.2 Å². The van der Waals surface area contributed by atoms with Gasteiger partial charge in [0.2, 0.25) is 12.2 Å². The summed E-state index contributed by atoms with van der Waals surface area (Å²) in [6, 6.07) is 8.58. The van der Waals surface area contributed by atoms with Crippen molar-refractivity contribution in [1.82, 2.24) is 15.5 Å². The minimum Gasteiger partial charge on any atom is -0.497 e. The summed E-state index contributed by atoms with van der Waals surface area (Å²) in [5, 5.41) is 15.4. The summed E-state index contributed by atoms with van der Waals surface area (Å²) in [6.07, 6.45) is -0.375. The standard InChI is InChI=1S/C22H20F2N4O5/c1-3-31-21(20-16(23)7-15(30-2)8-17(20)24)22(29)26-10-14-5-4-13(9-25)6-18(14)32-11-19-27-12-33-28-19/h4-8,12,21H,3,10-11H2,1-2H3,(H,26,29). The fourth-order valence-electron chi connectivity index (χ4n) is 2.96. The van der Waals surface area contributed by atoms with E-state index in [4.69, 9.17) is 19.5 Å². The summed E-state index contributed by atoms with van der Waals surface area (Å²) in [5.74, 6) is -2.13. The first-order valence-electron chi connectivity index (χ1n) is 9.80. The zero-order valence-corrected chi connectivity index (χ0v) is 17.8. The van der Waals surface area contributed by atoms with Gasteiger partial charge in [-0.3, -0.25) is 4.79 Å². The second-order valence-electron chi connectivity index (χ2n) is 6.63. The lowest BCUT2D eigenvalue weighted by atomic mass is 10.1. The molecule has 0 aliphatic rings. The molecule has 0 spiro atoms. The van der Waals surface area contributed by atoms with Gasteiger partial charge < -0.3 is 24.1 Å². The van der Waals surface area contributed by atoms with Crippen molar-refractivity contribution >= 4 is 5.91 Å². The number of carbonyl (C=O) groups is 1. The maximum absolute atomic E-state index is 14.5. The lowest BCUT2D eigenvalue weighted by Crippen LogP contribution is -2.32. The van der Waals surface area contributed by atoms with Crippen molar-refractivity contribution in [1.29, 1.82) is 5.26 Å². The fourth-order valence-corrected chi connectivity index (χ4v) is 2.96. The van der Waals surface area contributed by atoms with E-state index in [2.05, 4.69) is 20.0 Å². The molecule has 33 heavy (non-hydrogen) atoms. The molecule has 1 amide bonds. The third kappa shape index (κ3) is 5.81. The first-order valence-corrected chi connectivity index (χ1v) is 9.80. The van der Waals surface area contributed by atoms with Gasteiger partial charge in [-0.15, -0.1) is 0 Å². The normalized spacial score (nSPS) is 11.5. The summed E-state index contributed by atoms with van der Waals surface area (Å²) >= 11 is 0. The van der Waals surface area contributed by atoms with Crippen molar-refractivity contribution in [2.45, 2.75) is 26.2 Å². The van der Waals surface area contributed by atoms with Crippen LogP contribution in [-0.4, -0.2) is 29.8 Å². The van der Waals surface area contributed by atoms with E-state index in [-0.39, 0.29) is 31.3 Å². The first-order chi connectivity index (χ1) is 16.0. The zero-order chi connectivity index (χ0) is 23.8. The van der Waals surface area contributed by atoms with E-state index in [9.17, 15) is 13.6 Å². The van der Waals surface area contributed by atoms with Crippen LogP contribution in [0.1, 0.15) is 35.5 Å². The highest BCUT2D eigenvalue weighted by Crippen LogP contribution is 2.29. The van der Waals surface area contributed by atoms with E-state index in [1.165, 1.54) is 13.2 Å². The van der Waals surface area contributed by atoms with Crippen molar-refractivity contribution in [3.8, 4) is 17.6 Å². The Balaban J connectivity index is 1.78. The molecule has 0 saturated heterocycles. The lowest BCUT2D eigenvalue weighted by molar-refractivity contribution is -0.133. The Labute approximate surface area is 187 Å². The molecule has 9 nitrogen and oxygen atoms in total. The van der Waals surface area contributed by atoms with Crippen LogP contribution >= 0.6 is 0 Å². The van der Waals surface area contributed by atoms with Gasteiger partial charge in [-0.25, -0.2) is 8.78 Å². The number of methoxy groups -OCH3 is 1. The number of nitriles is 1. The van der Waals surface area contributed by atoms with Gasteiger partial charge in [0, 0.05) is 30.8 Å². The topological polar surface area (TPSA) is 120 Å². The number of hydrogen-bond acceptors (Lipinski definition) is 8. The third-order valence-corrected chi connectivity index (χ3v) is 4.53. The summed E-state index contributed by atoms with van der Waals surface area (Å²) in [5.41, 5.74) is 0.322.